The van der Waals surface area contributed by atoms with Crippen LogP contribution in [0.15, 0.2) is 24.3 Å². The summed E-state index contributed by atoms with van der Waals surface area (Å²) in [7, 11) is -3.41. The van der Waals surface area contributed by atoms with Gasteiger partial charge in [0, 0.05) is 0 Å². The van der Waals surface area contributed by atoms with Crippen LogP contribution < -0.4 is 4.31 Å². The fraction of sp³-hybridized carbons (Fsp3) is 0.364. The molecule has 1 aromatic carbocycles. The molecule has 0 spiro atoms. The molecule has 1 aliphatic heterocycles. The Morgan fingerprint density at radius 1 is 1.47 bits per heavy atom. The number of nitrogens with zero attached hydrogens (tertiary/aromatic N) is 1. The van der Waals surface area contributed by atoms with Crippen molar-refractivity contribution in [2.45, 2.75) is 12.8 Å². The number of fused-ring (bicyclic) bond motifs is 1. The molecule has 0 aromatic heterocycles. The molecule has 0 aliphatic carbocycles. The largest absolute Gasteiger partial charge is 0.481 e. The van der Waals surface area contributed by atoms with E-state index >= 15 is 0 Å². The quantitative estimate of drug-likeness (QED) is 0.875. The minimum absolute atomic E-state index is 0.00907. The summed E-state index contributed by atoms with van der Waals surface area (Å²) in [5.41, 5.74) is 1.05. The summed E-state index contributed by atoms with van der Waals surface area (Å²) in [6, 6.07) is 6.74. The fourth-order valence-corrected chi connectivity index (χ4v) is 3.16. The van der Waals surface area contributed by atoms with Crippen LogP contribution in [0.2, 0.25) is 0 Å². The third-order valence-electron chi connectivity index (χ3n) is 2.93. The van der Waals surface area contributed by atoms with Gasteiger partial charge < -0.3 is 5.11 Å². The molecule has 92 valence electrons. The van der Waals surface area contributed by atoms with Crippen molar-refractivity contribution >= 4 is 21.7 Å². The van der Waals surface area contributed by atoms with Gasteiger partial charge >= 0.3 is 5.97 Å². The maximum atomic E-state index is 11.9. The number of carboxylic acids is 1. The number of sulfonamides is 1. The molecule has 0 bridgehead atoms. The van der Waals surface area contributed by atoms with E-state index in [1.807, 2.05) is 0 Å². The molecule has 0 radical (unpaired) electrons. The van der Waals surface area contributed by atoms with Crippen LogP contribution in [0.4, 0.5) is 5.69 Å². The molecule has 1 unspecified atom stereocenters. The number of hydrogen-bond acceptors (Lipinski definition) is 3. The molecule has 17 heavy (non-hydrogen) atoms. The van der Waals surface area contributed by atoms with Gasteiger partial charge in [0.05, 0.1) is 18.0 Å². The summed E-state index contributed by atoms with van der Waals surface area (Å²) < 4.78 is 24.9. The SMILES string of the molecule is CCS(=O)(=O)N1CC(C(=O)O)c2ccccc21. The van der Waals surface area contributed by atoms with Crippen molar-refractivity contribution in [2.24, 2.45) is 0 Å². The lowest BCUT2D eigenvalue weighted by Gasteiger charge is -2.18. The van der Waals surface area contributed by atoms with Gasteiger partial charge in [-0.2, -0.15) is 0 Å². The number of carbonyl (C=O) groups is 1. The predicted octanol–water partition coefficient (Wildman–Crippen LogP) is 1.02. The molecule has 1 aromatic rings. The van der Waals surface area contributed by atoms with E-state index in [0.29, 0.717) is 11.3 Å². The second-order valence-corrected chi connectivity index (χ2v) is 6.06. The van der Waals surface area contributed by atoms with E-state index in [2.05, 4.69) is 0 Å². The normalized spacial score (nSPS) is 19.1. The molecule has 1 heterocycles. The van der Waals surface area contributed by atoms with Crippen LogP contribution in [-0.4, -0.2) is 31.8 Å². The number of para-hydroxylation sites is 1. The smallest absolute Gasteiger partial charge is 0.312 e. The van der Waals surface area contributed by atoms with Crippen molar-refractivity contribution in [2.75, 3.05) is 16.6 Å². The van der Waals surface area contributed by atoms with Crippen LogP contribution in [0.3, 0.4) is 0 Å². The number of aliphatic carboxylic acids is 1. The topological polar surface area (TPSA) is 74.7 Å². The molecular formula is C11H13NO4S. The van der Waals surface area contributed by atoms with Crippen LogP contribution in [-0.2, 0) is 14.8 Å². The summed E-state index contributed by atoms with van der Waals surface area (Å²) >= 11 is 0. The summed E-state index contributed by atoms with van der Waals surface area (Å²) in [4.78, 5) is 11.1. The van der Waals surface area contributed by atoms with Crippen molar-refractivity contribution < 1.29 is 18.3 Å². The molecule has 0 saturated heterocycles. The van der Waals surface area contributed by atoms with E-state index in [1.165, 1.54) is 4.31 Å². The zero-order valence-electron chi connectivity index (χ0n) is 9.33. The number of hydrogen-bond donors (Lipinski definition) is 1. The molecular weight excluding hydrogens is 242 g/mol. The van der Waals surface area contributed by atoms with Gasteiger partial charge in [-0.15, -0.1) is 0 Å². The molecule has 1 atom stereocenters. The number of anilines is 1. The Kier molecular flexibility index (Phi) is 2.82. The molecule has 2 rings (SSSR count). The van der Waals surface area contributed by atoms with Gasteiger partial charge in [-0.05, 0) is 18.6 Å². The number of benzene rings is 1. The van der Waals surface area contributed by atoms with Crippen LogP contribution >= 0.6 is 0 Å². The molecule has 0 amide bonds. The summed E-state index contributed by atoms with van der Waals surface area (Å²) in [6.07, 6.45) is 0. The van der Waals surface area contributed by atoms with Crippen LogP contribution in [0.25, 0.3) is 0 Å². The van der Waals surface area contributed by atoms with E-state index in [0.717, 1.165) is 0 Å². The minimum atomic E-state index is -3.41. The highest BCUT2D eigenvalue weighted by atomic mass is 32.2. The van der Waals surface area contributed by atoms with Crippen molar-refractivity contribution in [1.82, 2.24) is 0 Å². The Labute approximate surface area is 99.7 Å². The van der Waals surface area contributed by atoms with Gasteiger partial charge in [-0.1, -0.05) is 18.2 Å². The third-order valence-corrected chi connectivity index (χ3v) is 4.67. The zero-order valence-corrected chi connectivity index (χ0v) is 10.1. The van der Waals surface area contributed by atoms with Gasteiger partial charge in [-0.3, -0.25) is 9.10 Å². The van der Waals surface area contributed by atoms with Crippen LogP contribution in [0.5, 0.6) is 0 Å². The summed E-state index contributed by atoms with van der Waals surface area (Å²) in [6.45, 7) is 1.54. The average molecular weight is 255 g/mol. The third kappa shape index (κ3) is 1.88. The van der Waals surface area contributed by atoms with Gasteiger partial charge in [0.15, 0.2) is 0 Å². The molecule has 1 aliphatic rings. The van der Waals surface area contributed by atoms with E-state index in [-0.39, 0.29) is 12.3 Å². The lowest BCUT2D eigenvalue weighted by atomic mass is 10.0. The lowest BCUT2D eigenvalue weighted by molar-refractivity contribution is -0.138. The number of rotatable bonds is 3. The second-order valence-electron chi connectivity index (χ2n) is 3.88. The van der Waals surface area contributed by atoms with Crippen LogP contribution in [0.1, 0.15) is 18.4 Å². The predicted molar refractivity (Wildman–Crippen MR) is 63.6 cm³/mol. The fourth-order valence-electron chi connectivity index (χ4n) is 2.00. The summed E-state index contributed by atoms with van der Waals surface area (Å²) in [5.74, 6) is -1.80. The van der Waals surface area contributed by atoms with E-state index in [1.54, 1.807) is 31.2 Å². The molecule has 0 saturated carbocycles. The first-order valence-electron chi connectivity index (χ1n) is 5.29. The summed E-state index contributed by atoms with van der Waals surface area (Å²) in [5, 5.41) is 9.09. The standard InChI is InChI=1S/C11H13NO4S/c1-2-17(15,16)12-7-9(11(13)14)8-5-3-4-6-10(8)12/h3-6,9H,2,7H2,1H3,(H,13,14). The van der Waals surface area contributed by atoms with Crippen molar-refractivity contribution in [3.05, 3.63) is 29.8 Å². The maximum absolute atomic E-state index is 11.9. The van der Waals surface area contributed by atoms with Gasteiger partial charge in [0.2, 0.25) is 10.0 Å². The second kappa shape index (κ2) is 4.03. The van der Waals surface area contributed by atoms with Crippen LogP contribution in [0, 0.1) is 0 Å². The lowest BCUT2D eigenvalue weighted by Crippen LogP contribution is -2.32. The minimum Gasteiger partial charge on any atom is -0.481 e. The highest BCUT2D eigenvalue weighted by Gasteiger charge is 2.38. The Morgan fingerprint density at radius 2 is 2.12 bits per heavy atom. The van der Waals surface area contributed by atoms with Gasteiger partial charge in [0.25, 0.3) is 0 Å². The number of carboxylic acid groups (broad SMARTS) is 1. The first-order chi connectivity index (χ1) is 7.97. The maximum Gasteiger partial charge on any atom is 0.312 e. The zero-order chi connectivity index (χ0) is 12.6. The monoisotopic (exact) mass is 255 g/mol. The average Bonchev–Trinajstić information content (AvgIpc) is 2.69. The highest BCUT2D eigenvalue weighted by Crippen LogP contribution is 2.37. The Balaban J connectivity index is 2.53. The molecule has 1 N–H and O–H groups in total. The van der Waals surface area contributed by atoms with Gasteiger partial charge in [-0.25, -0.2) is 8.42 Å². The van der Waals surface area contributed by atoms with E-state index < -0.39 is 21.9 Å². The van der Waals surface area contributed by atoms with E-state index in [9.17, 15) is 13.2 Å². The molecule has 0 fully saturated rings. The van der Waals surface area contributed by atoms with Crippen molar-refractivity contribution in [1.29, 1.82) is 0 Å². The highest BCUT2D eigenvalue weighted by molar-refractivity contribution is 7.92. The first kappa shape index (κ1) is 11.9. The van der Waals surface area contributed by atoms with Crippen molar-refractivity contribution in [3.8, 4) is 0 Å². The van der Waals surface area contributed by atoms with Gasteiger partial charge in [0.1, 0.15) is 5.92 Å². The Bertz CT molecular complexity index is 552. The molecule has 6 heteroatoms. The van der Waals surface area contributed by atoms with E-state index in [4.69, 9.17) is 5.11 Å². The van der Waals surface area contributed by atoms with Crippen molar-refractivity contribution in [3.63, 3.8) is 0 Å². The Hall–Kier alpha value is -1.56. The Morgan fingerprint density at radius 3 is 2.71 bits per heavy atom. The molecule has 5 nitrogen and oxygen atoms in total. The first-order valence-corrected chi connectivity index (χ1v) is 6.90.